The van der Waals surface area contributed by atoms with Crippen LogP contribution in [0, 0.1) is 13.8 Å². The van der Waals surface area contributed by atoms with Crippen molar-refractivity contribution in [2.45, 2.75) is 13.8 Å². The Kier molecular flexibility index (Phi) is 1.85. The third-order valence-electron chi connectivity index (χ3n) is 1.19. The van der Waals surface area contributed by atoms with Gasteiger partial charge in [-0.15, -0.1) is 0 Å². The third kappa shape index (κ3) is 1.73. The Bertz CT molecular complexity index is 274. The zero-order chi connectivity index (χ0) is 8.43. The van der Waals surface area contributed by atoms with Crippen LogP contribution in [0.15, 0.2) is 10.5 Å². The van der Waals surface area contributed by atoms with Crippen LogP contribution in [-0.2, 0) is 0 Å². The van der Waals surface area contributed by atoms with Crippen molar-refractivity contribution in [2.24, 2.45) is 0 Å². The number of furan rings is 1. The third-order valence-corrected chi connectivity index (χ3v) is 1.19. The van der Waals surface area contributed by atoms with E-state index >= 15 is 0 Å². The standard InChI is InChI=1S/C7H8O4/c1-4-3-6(5(2)10-4)11-7(8)9/h3H,1-2H3,(H,8,9). The summed E-state index contributed by atoms with van der Waals surface area (Å²) in [6.07, 6.45) is -1.33. The van der Waals surface area contributed by atoms with Crippen LogP contribution < -0.4 is 4.74 Å². The molecule has 4 nitrogen and oxygen atoms in total. The Balaban J connectivity index is 2.85. The van der Waals surface area contributed by atoms with E-state index in [0.29, 0.717) is 11.5 Å². The van der Waals surface area contributed by atoms with E-state index in [2.05, 4.69) is 4.74 Å². The summed E-state index contributed by atoms with van der Waals surface area (Å²) < 4.78 is 9.42. The molecule has 0 saturated carbocycles. The van der Waals surface area contributed by atoms with Crippen LogP contribution in [0.5, 0.6) is 5.75 Å². The van der Waals surface area contributed by atoms with Gasteiger partial charge in [0.25, 0.3) is 0 Å². The molecule has 0 amide bonds. The Labute approximate surface area is 63.4 Å². The van der Waals surface area contributed by atoms with Crippen LogP contribution in [0.3, 0.4) is 0 Å². The van der Waals surface area contributed by atoms with Gasteiger partial charge in [-0.05, 0) is 13.8 Å². The van der Waals surface area contributed by atoms with Gasteiger partial charge < -0.3 is 14.3 Å². The molecule has 4 heteroatoms. The minimum atomic E-state index is -1.33. The summed E-state index contributed by atoms with van der Waals surface area (Å²) in [6.45, 7) is 3.37. The summed E-state index contributed by atoms with van der Waals surface area (Å²) >= 11 is 0. The number of carboxylic acid groups (broad SMARTS) is 1. The molecule has 0 bridgehead atoms. The van der Waals surface area contributed by atoms with Crippen molar-refractivity contribution in [3.8, 4) is 5.75 Å². The molecule has 0 aromatic carbocycles. The topological polar surface area (TPSA) is 59.7 Å². The van der Waals surface area contributed by atoms with Crippen molar-refractivity contribution in [1.82, 2.24) is 0 Å². The number of rotatable bonds is 1. The number of hydrogen-bond donors (Lipinski definition) is 1. The maximum Gasteiger partial charge on any atom is 0.511 e. The maximum absolute atomic E-state index is 10.1. The summed E-state index contributed by atoms with van der Waals surface area (Å²) in [6, 6.07) is 1.53. The second kappa shape index (κ2) is 2.65. The summed E-state index contributed by atoms with van der Waals surface area (Å²) in [5, 5.41) is 8.24. The summed E-state index contributed by atoms with van der Waals surface area (Å²) in [7, 11) is 0. The lowest BCUT2D eigenvalue weighted by molar-refractivity contribution is 0.143. The molecule has 60 valence electrons. The Hall–Kier alpha value is -1.45. The average molecular weight is 156 g/mol. The van der Waals surface area contributed by atoms with E-state index in [0.717, 1.165) is 0 Å². The predicted octanol–water partition coefficient (Wildman–Crippen LogP) is 1.95. The highest BCUT2D eigenvalue weighted by molar-refractivity contribution is 5.61. The van der Waals surface area contributed by atoms with Crippen molar-refractivity contribution in [3.63, 3.8) is 0 Å². The van der Waals surface area contributed by atoms with Gasteiger partial charge in [-0.25, -0.2) is 4.79 Å². The van der Waals surface area contributed by atoms with Gasteiger partial charge in [0.15, 0.2) is 5.75 Å². The number of hydrogen-bond acceptors (Lipinski definition) is 3. The highest BCUT2D eigenvalue weighted by atomic mass is 16.7. The summed E-state index contributed by atoms with van der Waals surface area (Å²) in [5.74, 6) is 1.37. The molecular formula is C7H8O4. The van der Waals surface area contributed by atoms with Gasteiger partial charge in [0.2, 0.25) is 0 Å². The zero-order valence-corrected chi connectivity index (χ0v) is 6.25. The molecule has 0 radical (unpaired) electrons. The molecule has 1 aromatic heterocycles. The van der Waals surface area contributed by atoms with E-state index in [4.69, 9.17) is 9.52 Å². The first-order chi connectivity index (χ1) is 5.09. The van der Waals surface area contributed by atoms with Crippen LogP contribution in [0.25, 0.3) is 0 Å². The van der Waals surface area contributed by atoms with E-state index in [1.807, 2.05) is 0 Å². The van der Waals surface area contributed by atoms with Crippen LogP contribution in [0.2, 0.25) is 0 Å². The maximum atomic E-state index is 10.1. The first-order valence-corrected chi connectivity index (χ1v) is 3.07. The minimum Gasteiger partial charge on any atom is -0.463 e. The number of ether oxygens (including phenoxy) is 1. The lowest BCUT2D eigenvalue weighted by Crippen LogP contribution is -2.02. The van der Waals surface area contributed by atoms with Gasteiger partial charge in [-0.2, -0.15) is 0 Å². The largest absolute Gasteiger partial charge is 0.511 e. The molecule has 1 aromatic rings. The molecule has 1 heterocycles. The van der Waals surface area contributed by atoms with Gasteiger partial charge >= 0.3 is 6.16 Å². The molecule has 0 aliphatic carbocycles. The normalized spacial score (nSPS) is 9.64. The van der Waals surface area contributed by atoms with Crippen molar-refractivity contribution < 1.29 is 19.1 Å². The second-order valence-electron chi connectivity index (χ2n) is 2.15. The van der Waals surface area contributed by atoms with Crippen molar-refractivity contribution >= 4 is 6.16 Å². The average Bonchev–Trinajstić information content (AvgIpc) is 2.09. The number of aryl methyl sites for hydroxylation is 2. The van der Waals surface area contributed by atoms with E-state index < -0.39 is 6.16 Å². The predicted molar refractivity (Wildman–Crippen MR) is 36.8 cm³/mol. The van der Waals surface area contributed by atoms with E-state index in [9.17, 15) is 4.79 Å². The Morgan fingerprint density at radius 1 is 1.64 bits per heavy atom. The molecule has 0 unspecified atom stereocenters. The van der Waals surface area contributed by atoms with Crippen molar-refractivity contribution in [1.29, 1.82) is 0 Å². The summed E-state index contributed by atoms with van der Waals surface area (Å²) in [4.78, 5) is 10.1. The van der Waals surface area contributed by atoms with Crippen LogP contribution >= 0.6 is 0 Å². The minimum absolute atomic E-state index is 0.259. The fourth-order valence-electron chi connectivity index (χ4n) is 0.803. The lowest BCUT2D eigenvalue weighted by Gasteiger charge is -1.93. The zero-order valence-electron chi connectivity index (χ0n) is 6.25. The second-order valence-corrected chi connectivity index (χ2v) is 2.15. The van der Waals surface area contributed by atoms with E-state index in [1.54, 1.807) is 13.8 Å². The molecule has 0 aliphatic heterocycles. The van der Waals surface area contributed by atoms with Gasteiger partial charge in [-0.3, -0.25) is 0 Å². The highest BCUT2D eigenvalue weighted by Gasteiger charge is 2.08. The molecule has 0 atom stereocenters. The van der Waals surface area contributed by atoms with Gasteiger partial charge in [0, 0.05) is 6.07 Å². The van der Waals surface area contributed by atoms with Crippen LogP contribution in [0.4, 0.5) is 4.79 Å². The summed E-state index contributed by atoms with van der Waals surface area (Å²) in [5.41, 5.74) is 0. The number of carbonyl (C=O) groups is 1. The first-order valence-electron chi connectivity index (χ1n) is 3.07. The fourth-order valence-corrected chi connectivity index (χ4v) is 0.803. The molecule has 0 fully saturated rings. The van der Waals surface area contributed by atoms with Crippen molar-refractivity contribution in [3.05, 3.63) is 17.6 Å². The molecule has 0 aliphatic rings. The Morgan fingerprint density at radius 2 is 2.27 bits per heavy atom. The van der Waals surface area contributed by atoms with Gasteiger partial charge in [-0.1, -0.05) is 0 Å². The molecular weight excluding hydrogens is 148 g/mol. The molecule has 1 N–H and O–H groups in total. The smallest absolute Gasteiger partial charge is 0.463 e. The van der Waals surface area contributed by atoms with E-state index in [1.165, 1.54) is 6.07 Å². The fraction of sp³-hybridized carbons (Fsp3) is 0.286. The van der Waals surface area contributed by atoms with Crippen LogP contribution in [0.1, 0.15) is 11.5 Å². The highest BCUT2D eigenvalue weighted by Crippen LogP contribution is 2.21. The van der Waals surface area contributed by atoms with Gasteiger partial charge in [0.05, 0.1) is 0 Å². The van der Waals surface area contributed by atoms with Crippen LogP contribution in [-0.4, -0.2) is 11.3 Å². The molecule has 11 heavy (non-hydrogen) atoms. The first kappa shape index (κ1) is 7.65. The quantitative estimate of drug-likeness (QED) is 0.631. The van der Waals surface area contributed by atoms with Crippen molar-refractivity contribution in [2.75, 3.05) is 0 Å². The molecule has 0 saturated heterocycles. The molecule has 1 rings (SSSR count). The Morgan fingerprint density at radius 3 is 2.64 bits per heavy atom. The van der Waals surface area contributed by atoms with E-state index in [-0.39, 0.29) is 5.75 Å². The lowest BCUT2D eigenvalue weighted by atomic mass is 10.4. The molecule has 0 spiro atoms. The van der Waals surface area contributed by atoms with Gasteiger partial charge in [0.1, 0.15) is 11.5 Å². The monoisotopic (exact) mass is 156 g/mol. The SMILES string of the molecule is Cc1cc(OC(=O)O)c(C)o1.